The normalized spacial score (nSPS) is 14.5. The van der Waals surface area contributed by atoms with Gasteiger partial charge in [0.25, 0.3) is 0 Å². The van der Waals surface area contributed by atoms with Crippen molar-refractivity contribution in [3.63, 3.8) is 0 Å². The highest BCUT2D eigenvalue weighted by Gasteiger charge is 2.22. The van der Waals surface area contributed by atoms with Crippen molar-refractivity contribution in [2.45, 2.75) is 32.6 Å². The molecule has 0 unspecified atom stereocenters. The van der Waals surface area contributed by atoms with Crippen molar-refractivity contribution in [1.29, 1.82) is 0 Å². The summed E-state index contributed by atoms with van der Waals surface area (Å²) in [5, 5.41) is 6.91. The molecule has 168 valence electrons. The molecule has 1 aliphatic heterocycles. The number of amides is 2. The van der Waals surface area contributed by atoms with Crippen molar-refractivity contribution in [3.05, 3.63) is 30.2 Å². The van der Waals surface area contributed by atoms with E-state index in [1.165, 1.54) is 0 Å². The Morgan fingerprint density at radius 2 is 1.90 bits per heavy atom. The fourth-order valence-electron chi connectivity index (χ4n) is 3.44. The molecule has 1 saturated heterocycles. The number of carbonyl (C=O) groups excluding carboxylic acids is 2. The van der Waals surface area contributed by atoms with Crippen molar-refractivity contribution >= 4 is 11.8 Å². The van der Waals surface area contributed by atoms with Crippen LogP contribution in [0.1, 0.15) is 32.1 Å². The molecule has 1 aliphatic rings. The van der Waals surface area contributed by atoms with Gasteiger partial charge in [0, 0.05) is 51.1 Å². The van der Waals surface area contributed by atoms with Gasteiger partial charge in [-0.05, 0) is 37.1 Å². The smallest absolute Gasteiger partial charge is 0.234 e. The van der Waals surface area contributed by atoms with Gasteiger partial charge in [-0.25, -0.2) is 0 Å². The van der Waals surface area contributed by atoms with E-state index in [2.05, 4.69) is 20.4 Å². The lowest BCUT2D eigenvalue weighted by molar-refractivity contribution is -0.133. The summed E-state index contributed by atoms with van der Waals surface area (Å²) in [7, 11) is 1.62. The largest absolute Gasteiger partial charge is 0.497 e. The molecule has 31 heavy (non-hydrogen) atoms. The zero-order valence-corrected chi connectivity index (χ0v) is 18.3. The minimum atomic E-state index is 0.0511. The first kappa shape index (κ1) is 22.7. The maximum absolute atomic E-state index is 12.5. The number of carbonyl (C=O) groups is 2. The van der Waals surface area contributed by atoms with Crippen LogP contribution in [0.4, 0.5) is 0 Å². The molecule has 1 fully saturated rings. The first-order valence-electron chi connectivity index (χ1n) is 10.8. The molecule has 1 N–H and O–H groups in total. The van der Waals surface area contributed by atoms with Gasteiger partial charge in [0.15, 0.2) is 0 Å². The molecule has 2 heterocycles. The quantitative estimate of drug-likeness (QED) is 0.614. The summed E-state index contributed by atoms with van der Waals surface area (Å²) >= 11 is 0. The number of aromatic nitrogens is 2. The first-order chi connectivity index (χ1) is 15.1. The van der Waals surface area contributed by atoms with E-state index in [9.17, 15) is 9.59 Å². The molecule has 0 bridgehead atoms. The maximum atomic E-state index is 12.5. The lowest BCUT2D eigenvalue weighted by Crippen LogP contribution is -2.51. The molecule has 9 heteroatoms. The van der Waals surface area contributed by atoms with E-state index >= 15 is 0 Å². The first-order valence-corrected chi connectivity index (χ1v) is 10.8. The van der Waals surface area contributed by atoms with E-state index in [1.54, 1.807) is 7.11 Å². The second-order valence-corrected chi connectivity index (χ2v) is 7.60. The Morgan fingerprint density at radius 1 is 1.16 bits per heavy atom. The highest BCUT2D eigenvalue weighted by atomic mass is 16.5. The van der Waals surface area contributed by atoms with Crippen molar-refractivity contribution in [1.82, 2.24) is 25.3 Å². The Hall–Kier alpha value is -2.94. The second-order valence-electron chi connectivity index (χ2n) is 7.60. The minimum absolute atomic E-state index is 0.0511. The van der Waals surface area contributed by atoms with E-state index in [0.717, 1.165) is 30.8 Å². The molecule has 1 aromatic heterocycles. The molecule has 0 atom stereocenters. The number of aryl methyl sites for hydroxylation is 1. The lowest BCUT2D eigenvalue weighted by Gasteiger charge is -2.34. The Labute approximate surface area is 182 Å². The molecule has 3 rings (SSSR count). The summed E-state index contributed by atoms with van der Waals surface area (Å²) in [6.45, 7) is 5.89. The Morgan fingerprint density at radius 3 is 2.58 bits per heavy atom. The molecule has 2 aromatic rings. The number of rotatable bonds is 10. The number of nitrogens with zero attached hydrogens (tertiary/aromatic N) is 4. The number of benzene rings is 1. The van der Waals surface area contributed by atoms with E-state index in [-0.39, 0.29) is 11.8 Å². The lowest BCUT2D eigenvalue weighted by atomic mass is 10.2. The highest BCUT2D eigenvalue weighted by molar-refractivity contribution is 5.78. The predicted molar refractivity (Wildman–Crippen MR) is 116 cm³/mol. The molecular formula is C22H31N5O4. The molecule has 9 nitrogen and oxygen atoms in total. The van der Waals surface area contributed by atoms with Gasteiger partial charge in [-0.2, -0.15) is 4.98 Å². The van der Waals surface area contributed by atoms with Gasteiger partial charge >= 0.3 is 0 Å². The summed E-state index contributed by atoms with van der Waals surface area (Å²) < 4.78 is 10.5. The van der Waals surface area contributed by atoms with Crippen molar-refractivity contribution in [2.24, 2.45) is 0 Å². The predicted octanol–water partition coefficient (Wildman–Crippen LogP) is 1.74. The van der Waals surface area contributed by atoms with Gasteiger partial charge in [-0.15, -0.1) is 0 Å². The zero-order valence-electron chi connectivity index (χ0n) is 18.3. The van der Waals surface area contributed by atoms with Crippen LogP contribution in [0, 0.1) is 0 Å². The minimum Gasteiger partial charge on any atom is -0.497 e. The summed E-state index contributed by atoms with van der Waals surface area (Å²) in [5.74, 6) is 2.01. The average molecular weight is 430 g/mol. The van der Waals surface area contributed by atoms with Crippen molar-refractivity contribution in [2.75, 3.05) is 46.4 Å². The number of ether oxygens (including phenoxy) is 1. The highest BCUT2D eigenvalue weighted by Crippen LogP contribution is 2.20. The number of methoxy groups -OCH3 is 1. The SMILES string of the molecule is CCCNC(=O)CN1CCN(C(=O)CCCc2nc(-c3ccc(OC)cc3)no2)CC1. The molecule has 0 saturated carbocycles. The second kappa shape index (κ2) is 11.5. The third-order valence-corrected chi connectivity index (χ3v) is 5.26. The van der Waals surface area contributed by atoms with Crippen LogP contribution in [0.5, 0.6) is 5.75 Å². The molecule has 0 spiro atoms. The fourth-order valence-corrected chi connectivity index (χ4v) is 3.44. The van der Waals surface area contributed by atoms with Crippen LogP contribution in [0.25, 0.3) is 11.4 Å². The van der Waals surface area contributed by atoms with Crippen LogP contribution in [0.15, 0.2) is 28.8 Å². The zero-order chi connectivity index (χ0) is 22.1. The molecule has 0 aliphatic carbocycles. The summed E-state index contributed by atoms with van der Waals surface area (Å²) in [6, 6.07) is 7.46. The van der Waals surface area contributed by atoms with Gasteiger partial charge in [0.1, 0.15) is 5.75 Å². The molecule has 2 amide bonds. The van der Waals surface area contributed by atoms with Gasteiger partial charge in [-0.1, -0.05) is 12.1 Å². The van der Waals surface area contributed by atoms with E-state index in [1.807, 2.05) is 36.1 Å². The molecule has 1 aromatic carbocycles. The number of hydrogen-bond acceptors (Lipinski definition) is 7. The van der Waals surface area contributed by atoms with E-state index in [4.69, 9.17) is 9.26 Å². The Kier molecular flexibility index (Phi) is 8.40. The van der Waals surface area contributed by atoms with Crippen LogP contribution < -0.4 is 10.1 Å². The third-order valence-electron chi connectivity index (χ3n) is 5.26. The van der Waals surface area contributed by atoms with Gasteiger partial charge in [0.05, 0.1) is 13.7 Å². The van der Waals surface area contributed by atoms with Crippen molar-refractivity contribution in [3.8, 4) is 17.1 Å². The summed E-state index contributed by atoms with van der Waals surface area (Å²) in [5.41, 5.74) is 0.855. The summed E-state index contributed by atoms with van der Waals surface area (Å²) in [4.78, 5) is 32.7. The van der Waals surface area contributed by atoms with Crippen LogP contribution >= 0.6 is 0 Å². The Bertz CT molecular complexity index is 844. The van der Waals surface area contributed by atoms with E-state index in [0.29, 0.717) is 57.2 Å². The molecule has 0 radical (unpaired) electrons. The van der Waals surface area contributed by atoms with Gasteiger partial charge < -0.3 is 19.5 Å². The summed E-state index contributed by atoms with van der Waals surface area (Å²) in [6.07, 6.45) is 2.59. The maximum Gasteiger partial charge on any atom is 0.234 e. The van der Waals surface area contributed by atoms with Crippen LogP contribution in [-0.2, 0) is 16.0 Å². The van der Waals surface area contributed by atoms with Crippen LogP contribution in [-0.4, -0.2) is 78.1 Å². The van der Waals surface area contributed by atoms with Crippen molar-refractivity contribution < 1.29 is 18.8 Å². The van der Waals surface area contributed by atoms with E-state index < -0.39 is 0 Å². The van der Waals surface area contributed by atoms with Crippen LogP contribution in [0.2, 0.25) is 0 Å². The molecular weight excluding hydrogens is 398 g/mol. The third kappa shape index (κ3) is 6.78. The van der Waals surface area contributed by atoms with Gasteiger partial charge in [0.2, 0.25) is 23.5 Å². The Balaban J connectivity index is 1.37. The average Bonchev–Trinajstić information content (AvgIpc) is 3.27. The number of hydrogen-bond donors (Lipinski definition) is 1. The standard InChI is InChI=1S/C22H31N5O4/c1-3-11-23-19(28)16-26-12-14-27(15-13-26)21(29)6-4-5-20-24-22(25-31-20)17-7-9-18(30-2)10-8-17/h7-10H,3-6,11-16H2,1-2H3,(H,23,28). The monoisotopic (exact) mass is 429 g/mol. The van der Waals surface area contributed by atoms with Crippen LogP contribution in [0.3, 0.4) is 0 Å². The fraction of sp³-hybridized carbons (Fsp3) is 0.545. The number of nitrogens with one attached hydrogen (secondary N) is 1. The topological polar surface area (TPSA) is 101 Å². The van der Waals surface area contributed by atoms with Gasteiger partial charge in [-0.3, -0.25) is 14.5 Å². The number of piperazine rings is 1.